The molecular formula is C15H11Cl3N2O3. The van der Waals surface area contributed by atoms with Crippen LogP contribution in [0.25, 0.3) is 0 Å². The summed E-state index contributed by atoms with van der Waals surface area (Å²) in [5, 5.41) is 14.8. The minimum absolute atomic E-state index is 0.0728. The lowest BCUT2D eigenvalue weighted by molar-refractivity contribution is -0.385. The predicted molar refractivity (Wildman–Crippen MR) is 90.4 cm³/mol. The summed E-state index contributed by atoms with van der Waals surface area (Å²) in [4.78, 5) is 22.7. The SMILES string of the molecule is CC(NC(=O)c1ccc(Cl)cc1[N+](=O)[O-])c1ccc(Cl)cc1Cl. The molecule has 5 nitrogen and oxygen atoms in total. The van der Waals surface area contributed by atoms with Crippen LogP contribution in [0.15, 0.2) is 36.4 Å². The Labute approximate surface area is 147 Å². The minimum Gasteiger partial charge on any atom is -0.345 e. The maximum absolute atomic E-state index is 12.3. The molecule has 0 bridgehead atoms. The van der Waals surface area contributed by atoms with E-state index in [-0.39, 0.29) is 16.3 Å². The van der Waals surface area contributed by atoms with Gasteiger partial charge in [0.15, 0.2) is 0 Å². The lowest BCUT2D eigenvalue weighted by Gasteiger charge is -2.16. The summed E-state index contributed by atoms with van der Waals surface area (Å²) < 4.78 is 0. The molecule has 0 aliphatic rings. The van der Waals surface area contributed by atoms with Crippen molar-refractivity contribution in [2.75, 3.05) is 0 Å². The molecular weight excluding hydrogens is 363 g/mol. The fourth-order valence-corrected chi connectivity index (χ4v) is 2.79. The molecule has 0 radical (unpaired) electrons. The molecule has 1 amide bonds. The van der Waals surface area contributed by atoms with Crippen LogP contribution in [-0.2, 0) is 0 Å². The fraction of sp³-hybridized carbons (Fsp3) is 0.133. The van der Waals surface area contributed by atoms with Gasteiger partial charge in [-0.3, -0.25) is 14.9 Å². The number of carbonyl (C=O) groups excluding carboxylic acids is 1. The van der Waals surface area contributed by atoms with Crippen LogP contribution in [0.5, 0.6) is 0 Å². The second-order valence-corrected chi connectivity index (χ2v) is 6.06. The van der Waals surface area contributed by atoms with E-state index in [0.717, 1.165) is 6.07 Å². The van der Waals surface area contributed by atoms with E-state index in [1.165, 1.54) is 12.1 Å². The van der Waals surface area contributed by atoms with Gasteiger partial charge in [-0.25, -0.2) is 0 Å². The second-order valence-electron chi connectivity index (χ2n) is 4.78. The lowest BCUT2D eigenvalue weighted by Crippen LogP contribution is -2.27. The van der Waals surface area contributed by atoms with Gasteiger partial charge in [-0.2, -0.15) is 0 Å². The molecule has 0 aliphatic heterocycles. The third-order valence-electron chi connectivity index (χ3n) is 3.18. The largest absolute Gasteiger partial charge is 0.345 e. The van der Waals surface area contributed by atoms with Gasteiger partial charge in [-0.15, -0.1) is 0 Å². The molecule has 120 valence electrons. The number of rotatable bonds is 4. The summed E-state index contributed by atoms with van der Waals surface area (Å²) in [6.45, 7) is 1.72. The van der Waals surface area contributed by atoms with Crippen molar-refractivity contribution in [2.24, 2.45) is 0 Å². The first-order valence-corrected chi connectivity index (χ1v) is 7.62. The van der Waals surface area contributed by atoms with E-state index in [1.807, 2.05) is 0 Å². The van der Waals surface area contributed by atoms with Crippen LogP contribution in [0.3, 0.4) is 0 Å². The van der Waals surface area contributed by atoms with Crippen LogP contribution in [0.1, 0.15) is 28.9 Å². The number of amides is 1. The third-order valence-corrected chi connectivity index (χ3v) is 3.98. The number of carbonyl (C=O) groups is 1. The molecule has 0 aliphatic carbocycles. The van der Waals surface area contributed by atoms with Crippen molar-refractivity contribution < 1.29 is 9.72 Å². The predicted octanol–water partition coefficient (Wildman–Crippen LogP) is 5.05. The summed E-state index contributed by atoms with van der Waals surface area (Å²) in [7, 11) is 0. The molecule has 2 aromatic rings. The summed E-state index contributed by atoms with van der Waals surface area (Å²) in [6, 6.07) is 8.31. The highest BCUT2D eigenvalue weighted by atomic mass is 35.5. The molecule has 2 rings (SSSR count). The van der Waals surface area contributed by atoms with E-state index in [1.54, 1.807) is 25.1 Å². The van der Waals surface area contributed by atoms with Gasteiger partial charge in [0.1, 0.15) is 5.56 Å². The Morgan fingerprint density at radius 2 is 1.74 bits per heavy atom. The molecule has 2 aromatic carbocycles. The Kier molecular flexibility index (Phi) is 5.46. The molecule has 0 spiro atoms. The number of hydrogen-bond acceptors (Lipinski definition) is 3. The maximum Gasteiger partial charge on any atom is 0.283 e. The second kappa shape index (κ2) is 7.17. The monoisotopic (exact) mass is 372 g/mol. The quantitative estimate of drug-likeness (QED) is 0.602. The summed E-state index contributed by atoms with van der Waals surface area (Å²) in [5.74, 6) is -0.591. The van der Waals surface area contributed by atoms with Crippen molar-refractivity contribution in [1.82, 2.24) is 5.32 Å². The number of hydrogen-bond donors (Lipinski definition) is 1. The van der Waals surface area contributed by atoms with Gasteiger partial charge in [0, 0.05) is 21.1 Å². The third kappa shape index (κ3) is 4.13. The van der Waals surface area contributed by atoms with Crippen molar-refractivity contribution in [3.05, 3.63) is 72.7 Å². The van der Waals surface area contributed by atoms with Gasteiger partial charge in [0.25, 0.3) is 11.6 Å². The van der Waals surface area contributed by atoms with Crippen molar-refractivity contribution in [1.29, 1.82) is 0 Å². The first-order valence-electron chi connectivity index (χ1n) is 6.49. The van der Waals surface area contributed by atoms with Gasteiger partial charge in [0.2, 0.25) is 0 Å². The molecule has 0 heterocycles. The Morgan fingerprint density at radius 3 is 2.35 bits per heavy atom. The zero-order valence-electron chi connectivity index (χ0n) is 11.8. The fourth-order valence-electron chi connectivity index (χ4n) is 2.05. The van der Waals surface area contributed by atoms with Gasteiger partial charge in [0.05, 0.1) is 11.0 Å². The highest BCUT2D eigenvalue weighted by Gasteiger charge is 2.22. The summed E-state index contributed by atoms with van der Waals surface area (Å²) >= 11 is 17.7. The number of nitrogens with zero attached hydrogens (tertiary/aromatic N) is 1. The number of nitro benzene ring substituents is 1. The molecule has 1 N–H and O–H groups in total. The minimum atomic E-state index is -0.652. The van der Waals surface area contributed by atoms with E-state index in [2.05, 4.69) is 5.32 Å². The van der Waals surface area contributed by atoms with Gasteiger partial charge >= 0.3 is 0 Å². The molecule has 0 aromatic heterocycles. The van der Waals surface area contributed by atoms with Crippen molar-refractivity contribution in [3.63, 3.8) is 0 Å². The van der Waals surface area contributed by atoms with E-state index in [0.29, 0.717) is 15.6 Å². The topological polar surface area (TPSA) is 72.2 Å². The lowest BCUT2D eigenvalue weighted by atomic mass is 10.1. The molecule has 0 saturated carbocycles. The average Bonchev–Trinajstić information content (AvgIpc) is 2.46. The standard InChI is InChI=1S/C15H11Cl3N2O3/c1-8(11-4-2-9(16)6-13(11)18)19-15(21)12-5-3-10(17)7-14(12)20(22)23/h2-8H,1H3,(H,19,21). The summed E-state index contributed by atoms with van der Waals surface area (Å²) in [6.07, 6.45) is 0. The van der Waals surface area contributed by atoms with Crippen LogP contribution in [0, 0.1) is 10.1 Å². The number of halogens is 3. The smallest absolute Gasteiger partial charge is 0.283 e. The Morgan fingerprint density at radius 1 is 1.13 bits per heavy atom. The Balaban J connectivity index is 2.27. The van der Waals surface area contributed by atoms with Crippen molar-refractivity contribution in [3.8, 4) is 0 Å². The normalized spacial score (nSPS) is 11.8. The maximum atomic E-state index is 12.3. The van der Waals surface area contributed by atoms with E-state index in [4.69, 9.17) is 34.8 Å². The number of benzene rings is 2. The van der Waals surface area contributed by atoms with Crippen LogP contribution in [0.4, 0.5) is 5.69 Å². The zero-order valence-corrected chi connectivity index (χ0v) is 14.1. The van der Waals surface area contributed by atoms with Crippen LogP contribution in [-0.4, -0.2) is 10.8 Å². The highest BCUT2D eigenvalue weighted by Crippen LogP contribution is 2.28. The van der Waals surface area contributed by atoms with Gasteiger partial charge < -0.3 is 5.32 Å². The first kappa shape index (κ1) is 17.5. The number of nitrogens with one attached hydrogen (secondary N) is 1. The first-order chi connectivity index (χ1) is 10.8. The van der Waals surface area contributed by atoms with Crippen molar-refractivity contribution in [2.45, 2.75) is 13.0 Å². The number of nitro groups is 1. The van der Waals surface area contributed by atoms with Crippen LogP contribution >= 0.6 is 34.8 Å². The summed E-state index contributed by atoms with van der Waals surface area (Å²) in [5.41, 5.74) is 0.224. The van der Waals surface area contributed by atoms with Gasteiger partial charge in [-0.05, 0) is 36.8 Å². The molecule has 1 unspecified atom stereocenters. The molecule has 0 saturated heterocycles. The zero-order chi connectivity index (χ0) is 17.1. The molecule has 0 fully saturated rings. The van der Waals surface area contributed by atoms with Gasteiger partial charge in [-0.1, -0.05) is 40.9 Å². The van der Waals surface area contributed by atoms with E-state index in [9.17, 15) is 14.9 Å². The van der Waals surface area contributed by atoms with E-state index < -0.39 is 16.9 Å². The van der Waals surface area contributed by atoms with Crippen LogP contribution in [0.2, 0.25) is 15.1 Å². The highest BCUT2D eigenvalue weighted by molar-refractivity contribution is 6.35. The average molecular weight is 374 g/mol. The van der Waals surface area contributed by atoms with Crippen LogP contribution < -0.4 is 5.32 Å². The Hall–Kier alpha value is -1.82. The molecule has 23 heavy (non-hydrogen) atoms. The van der Waals surface area contributed by atoms with Crippen molar-refractivity contribution >= 4 is 46.4 Å². The molecule has 8 heteroatoms. The van der Waals surface area contributed by atoms with E-state index >= 15 is 0 Å². The molecule has 1 atom stereocenters. The Bertz CT molecular complexity index is 781.